The SMILES string of the molecule is CC(C)=CCC/C(C)=C/CC/C(C)=C/COC(=O)NC12CC3CC(CC(C3)C1)C2. The second kappa shape index (κ2) is 10.00. The number of ether oxygens (including phenoxy) is 1. The van der Waals surface area contributed by atoms with E-state index in [1.807, 2.05) is 0 Å². The van der Waals surface area contributed by atoms with Crippen LogP contribution in [0.4, 0.5) is 4.79 Å². The summed E-state index contributed by atoms with van der Waals surface area (Å²) in [5.41, 5.74) is 4.18. The standard InChI is InChI=1S/C26H41NO2/c1-19(2)7-5-8-20(3)9-6-10-21(4)11-12-29-25(28)27-26-16-22-13-23(17-26)15-24(14-22)18-26/h7,9,11,22-24H,5-6,8,10,12-18H2,1-4H3,(H,27,28)/b20-9+,21-11+. The van der Waals surface area contributed by atoms with Crippen molar-refractivity contribution in [3.05, 3.63) is 34.9 Å². The van der Waals surface area contributed by atoms with Crippen molar-refractivity contribution in [2.75, 3.05) is 6.61 Å². The lowest BCUT2D eigenvalue weighted by molar-refractivity contribution is -0.0185. The molecule has 4 saturated carbocycles. The van der Waals surface area contributed by atoms with Crippen molar-refractivity contribution in [2.24, 2.45) is 17.8 Å². The highest BCUT2D eigenvalue weighted by Gasteiger charge is 2.51. The zero-order chi connectivity index (χ0) is 20.9. The molecule has 0 aromatic carbocycles. The summed E-state index contributed by atoms with van der Waals surface area (Å²) in [6.07, 6.45) is 18.5. The van der Waals surface area contributed by atoms with Crippen molar-refractivity contribution in [2.45, 2.75) is 97.4 Å². The number of rotatable bonds is 9. The van der Waals surface area contributed by atoms with Gasteiger partial charge in [-0.25, -0.2) is 4.79 Å². The lowest BCUT2D eigenvalue weighted by Gasteiger charge is -2.56. The summed E-state index contributed by atoms with van der Waals surface area (Å²) < 4.78 is 5.51. The quantitative estimate of drug-likeness (QED) is 0.420. The summed E-state index contributed by atoms with van der Waals surface area (Å²) in [6, 6.07) is 0. The van der Waals surface area contributed by atoms with Crippen LogP contribution < -0.4 is 5.32 Å². The zero-order valence-electron chi connectivity index (χ0n) is 19.1. The number of nitrogens with one attached hydrogen (secondary N) is 1. The minimum absolute atomic E-state index is 0.0401. The first-order valence-corrected chi connectivity index (χ1v) is 11.7. The summed E-state index contributed by atoms with van der Waals surface area (Å²) in [4.78, 5) is 12.4. The van der Waals surface area contributed by atoms with Gasteiger partial charge in [0.1, 0.15) is 6.61 Å². The number of carbonyl (C=O) groups excluding carboxylic acids is 1. The van der Waals surface area contributed by atoms with Crippen LogP contribution in [0.2, 0.25) is 0 Å². The molecule has 0 unspecified atom stereocenters. The van der Waals surface area contributed by atoms with E-state index < -0.39 is 0 Å². The predicted octanol–water partition coefficient (Wildman–Crippen LogP) is 7.10. The lowest BCUT2D eigenvalue weighted by Crippen LogP contribution is -2.59. The highest BCUT2D eigenvalue weighted by Crippen LogP contribution is 2.55. The molecule has 3 nitrogen and oxygen atoms in total. The van der Waals surface area contributed by atoms with Crippen molar-refractivity contribution >= 4 is 6.09 Å². The Morgan fingerprint density at radius 2 is 1.38 bits per heavy atom. The zero-order valence-corrected chi connectivity index (χ0v) is 19.1. The summed E-state index contributed by atoms with van der Waals surface area (Å²) in [7, 11) is 0. The summed E-state index contributed by atoms with van der Waals surface area (Å²) >= 11 is 0. The smallest absolute Gasteiger partial charge is 0.407 e. The fourth-order valence-corrected chi connectivity index (χ4v) is 6.11. The van der Waals surface area contributed by atoms with Gasteiger partial charge in [0.05, 0.1) is 0 Å². The van der Waals surface area contributed by atoms with Gasteiger partial charge in [0, 0.05) is 5.54 Å². The molecule has 0 radical (unpaired) electrons. The molecule has 4 aliphatic carbocycles. The monoisotopic (exact) mass is 399 g/mol. The number of amides is 1. The Morgan fingerprint density at radius 1 is 0.862 bits per heavy atom. The van der Waals surface area contributed by atoms with E-state index in [2.05, 4.69) is 51.2 Å². The lowest BCUT2D eigenvalue weighted by atomic mass is 9.53. The van der Waals surface area contributed by atoms with E-state index >= 15 is 0 Å². The predicted molar refractivity (Wildman–Crippen MR) is 121 cm³/mol. The Bertz CT molecular complexity index is 631. The molecule has 4 bridgehead atoms. The molecule has 0 aliphatic heterocycles. The van der Waals surface area contributed by atoms with Gasteiger partial charge in [-0.05, 0) is 116 Å². The maximum absolute atomic E-state index is 12.4. The molecule has 162 valence electrons. The molecule has 1 amide bonds. The number of carbonyl (C=O) groups is 1. The van der Waals surface area contributed by atoms with Gasteiger partial charge in [0.2, 0.25) is 0 Å². The van der Waals surface area contributed by atoms with Crippen LogP contribution in [0.5, 0.6) is 0 Å². The number of alkyl carbamates (subject to hydrolysis) is 1. The van der Waals surface area contributed by atoms with E-state index in [-0.39, 0.29) is 11.6 Å². The Kier molecular flexibility index (Phi) is 7.65. The van der Waals surface area contributed by atoms with Crippen LogP contribution in [0, 0.1) is 17.8 Å². The Balaban J connectivity index is 1.34. The summed E-state index contributed by atoms with van der Waals surface area (Å²) in [6.45, 7) is 9.03. The van der Waals surface area contributed by atoms with Crippen molar-refractivity contribution < 1.29 is 9.53 Å². The van der Waals surface area contributed by atoms with Gasteiger partial charge in [-0.15, -0.1) is 0 Å². The molecule has 4 fully saturated rings. The van der Waals surface area contributed by atoms with Crippen molar-refractivity contribution in [1.29, 1.82) is 0 Å². The molecule has 4 rings (SSSR count). The average molecular weight is 400 g/mol. The Labute approximate surface area is 178 Å². The first-order chi connectivity index (χ1) is 13.8. The number of hydrogen-bond donors (Lipinski definition) is 1. The fourth-order valence-electron chi connectivity index (χ4n) is 6.11. The molecular weight excluding hydrogens is 358 g/mol. The van der Waals surface area contributed by atoms with Crippen LogP contribution in [0.25, 0.3) is 0 Å². The van der Waals surface area contributed by atoms with Gasteiger partial charge >= 0.3 is 6.09 Å². The van der Waals surface area contributed by atoms with Crippen molar-refractivity contribution in [3.8, 4) is 0 Å². The highest BCUT2D eigenvalue weighted by atomic mass is 16.5. The normalized spacial score (nSPS) is 31.0. The highest BCUT2D eigenvalue weighted by molar-refractivity contribution is 5.68. The molecular formula is C26H41NO2. The molecule has 0 saturated heterocycles. The van der Waals surface area contributed by atoms with E-state index in [1.54, 1.807) is 0 Å². The molecule has 0 spiro atoms. The molecule has 0 aromatic heterocycles. The van der Waals surface area contributed by atoms with Crippen LogP contribution >= 0.6 is 0 Å². The second-order valence-corrected chi connectivity index (χ2v) is 10.4. The minimum atomic E-state index is -0.217. The van der Waals surface area contributed by atoms with E-state index in [9.17, 15) is 4.79 Å². The van der Waals surface area contributed by atoms with Gasteiger partial charge < -0.3 is 10.1 Å². The van der Waals surface area contributed by atoms with E-state index in [4.69, 9.17) is 4.74 Å². The third kappa shape index (κ3) is 6.76. The third-order valence-corrected chi connectivity index (χ3v) is 7.17. The molecule has 29 heavy (non-hydrogen) atoms. The minimum Gasteiger partial charge on any atom is -0.445 e. The molecule has 0 atom stereocenters. The number of hydrogen-bond acceptors (Lipinski definition) is 2. The molecule has 0 heterocycles. The van der Waals surface area contributed by atoms with Crippen LogP contribution in [0.3, 0.4) is 0 Å². The summed E-state index contributed by atoms with van der Waals surface area (Å²) in [5, 5.41) is 3.28. The topological polar surface area (TPSA) is 38.3 Å². The van der Waals surface area contributed by atoms with Crippen LogP contribution in [0.15, 0.2) is 34.9 Å². The molecule has 3 heteroatoms. The molecule has 0 aromatic rings. The van der Waals surface area contributed by atoms with Crippen molar-refractivity contribution in [3.63, 3.8) is 0 Å². The third-order valence-electron chi connectivity index (χ3n) is 7.17. The van der Waals surface area contributed by atoms with Gasteiger partial charge in [-0.2, -0.15) is 0 Å². The average Bonchev–Trinajstić information content (AvgIpc) is 2.59. The largest absolute Gasteiger partial charge is 0.445 e. The van der Waals surface area contributed by atoms with Crippen LogP contribution in [-0.4, -0.2) is 18.2 Å². The fraction of sp³-hybridized carbons (Fsp3) is 0.731. The van der Waals surface area contributed by atoms with Gasteiger partial charge in [-0.3, -0.25) is 0 Å². The van der Waals surface area contributed by atoms with E-state index in [0.29, 0.717) is 6.61 Å². The Hall–Kier alpha value is -1.51. The van der Waals surface area contributed by atoms with Crippen LogP contribution in [0.1, 0.15) is 91.9 Å². The summed E-state index contributed by atoms with van der Waals surface area (Å²) in [5.74, 6) is 2.51. The maximum Gasteiger partial charge on any atom is 0.407 e. The Morgan fingerprint density at radius 3 is 1.93 bits per heavy atom. The van der Waals surface area contributed by atoms with Crippen LogP contribution in [-0.2, 0) is 4.74 Å². The van der Waals surface area contributed by atoms with Gasteiger partial charge in [0.15, 0.2) is 0 Å². The maximum atomic E-state index is 12.4. The van der Waals surface area contributed by atoms with Gasteiger partial charge in [0.25, 0.3) is 0 Å². The van der Waals surface area contributed by atoms with Gasteiger partial charge in [-0.1, -0.05) is 28.9 Å². The first-order valence-electron chi connectivity index (χ1n) is 11.7. The van der Waals surface area contributed by atoms with E-state index in [0.717, 1.165) is 43.4 Å². The molecule has 1 N–H and O–H groups in total. The van der Waals surface area contributed by atoms with E-state index in [1.165, 1.54) is 55.2 Å². The van der Waals surface area contributed by atoms with Crippen molar-refractivity contribution in [1.82, 2.24) is 5.32 Å². The number of allylic oxidation sites excluding steroid dienone is 5. The first kappa shape index (κ1) is 22.2. The second-order valence-electron chi connectivity index (χ2n) is 10.4. The molecule has 4 aliphatic rings.